The van der Waals surface area contributed by atoms with Gasteiger partial charge in [-0.3, -0.25) is 0 Å². The maximum absolute atomic E-state index is 11.0. The summed E-state index contributed by atoms with van der Waals surface area (Å²) in [7, 11) is 0. The lowest BCUT2D eigenvalue weighted by molar-refractivity contribution is 0.455. The summed E-state index contributed by atoms with van der Waals surface area (Å²) in [5, 5.41) is 11.0. The normalized spacial score (nSPS) is 11.2. The largest absolute Gasteiger partial charge is 0.507 e. The predicted molar refractivity (Wildman–Crippen MR) is 107 cm³/mol. The van der Waals surface area contributed by atoms with Gasteiger partial charge in [-0.25, -0.2) is 0 Å². The van der Waals surface area contributed by atoms with Crippen LogP contribution in [-0.4, -0.2) is 5.11 Å². The van der Waals surface area contributed by atoms with Crippen LogP contribution in [0.5, 0.6) is 5.75 Å². The average molecular weight is 333 g/mol. The Balaban J connectivity index is 3.16. The first kappa shape index (κ1) is 21.1. The Kier molecular flexibility index (Phi) is 10.1. The van der Waals surface area contributed by atoms with Gasteiger partial charge in [0.25, 0.3) is 0 Å². The van der Waals surface area contributed by atoms with Crippen molar-refractivity contribution in [3.05, 3.63) is 27.8 Å². The fourth-order valence-electron chi connectivity index (χ4n) is 3.96. The van der Waals surface area contributed by atoms with Crippen molar-refractivity contribution in [3.63, 3.8) is 0 Å². The van der Waals surface area contributed by atoms with Crippen molar-refractivity contribution in [2.45, 2.75) is 112 Å². The van der Waals surface area contributed by atoms with Gasteiger partial charge < -0.3 is 5.11 Å². The molecule has 0 amide bonds. The maximum Gasteiger partial charge on any atom is 0.122 e. The van der Waals surface area contributed by atoms with E-state index in [1.165, 1.54) is 60.8 Å². The number of unbranched alkanes of at least 4 members (excludes halogenated alkanes) is 4. The van der Waals surface area contributed by atoms with Gasteiger partial charge in [0.05, 0.1) is 0 Å². The Morgan fingerprint density at radius 1 is 0.542 bits per heavy atom. The van der Waals surface area contributed by atoms with Crippen LogP contribution in [0.15, 0.2) is 0 Å². The summed E-state index contributed by atoms with van der Waals surface area (Å²) in [5.74, 6) is 0.633. The molecule has 1 nitrogen and oxygen atoms in total. The van der Waals surface area contributed by atoms with Crippen molar-refractivity contribution < 1.29 is 5.11 Å². The van der Waals surface area contributed by atoms with Gasteiger partial charge in [0.15, 0.2) is 0 Å². The molecule has 0 heterocycles. The number of aromatic hydroxyl groups is 1. The molecular weight excluding hydrogens is 292 g/mol. The van der Waals surface area contributed by atoms with Crippen LogP contribution in [0.2, 0.25) is 0 Å². The molecule has 1 aromatic rings. The third-order valence-corrected chi connectivity index (χ3v) is 5.24. The molecule has 0 fully saturated rings. The van der Waals surface area contributed by atoms with Gasteiger partial charge >= 0.3 is 0 Å². The maximum atomic E-state index is 11.0. The minimum absolute atomic E-state index is 0.633. The first-order valence-corrected chi connectivity index (χ1v) is 10.5. The molecule has 0 radical (unpaired) electrons. The van der Waals surface area contributed by atoms with E-state index in [0.29, 0.717) is 5.75 Å². The van der Waals surface area contributed by atoms with Gasteiger partial charge in [-0.05, 0) is 66.8 Å². The topological polar surface area (TPSA) is 20.2 Å². The Morgan fingerprint density at radius 3 is 1.67 bits per heavy atom. The van der Waals surface area contributed by atoms with Crippen LogP contribution < -0.4 is 0 Å². The number of phenolic OH excluding ortho intramolecular Hbond substituents is 1. The monoisotopic (exact) mass is 332 g/mol. The molecule has 24 heavy (non-hydrogen) atoms. The summed E-state index contributed by atoms with van der Waals surface area (Å²) in [6.45, 7) is 11.3. The number of hydrogen-bond donors (Lipinski definition) is 1. The highest BCUT2D eigenvalue weighted by Gasteiger charge is 2.19. The van der Waals surface area contributed by atoms with Gasteiger partial charge in [0.1, 0.15) is 5.75 Å². The van der Waals surface area contributed by atoms with E-state index >= 15 is 0 Å². The van der Waals surface area contributed by atoms with Crippen LogP contribution in [0.4, 0.5) is 0 Å². The third-order valence-electron chi connectivity index (χ3n) is 5.24. The Labute approximate surface area is 150 Å². The van der Waals surface area contributed by atoms with E-state index in [2.05, 4.69) is 34.6 Å². The SMILES string of the molecule is CCCCCCCc1c(C)c(CCC)c(CCC)c(CCC)c1O. The van der Waals surface area contributed by atoms with Crippen LogP contribution in [0, 0.1) is 6.92 Å². The second kappa shape index (κ2) is 11.6. The van der Waals surface area contributed by atoms with Crippen molar-refractivity contribution in [2.24, 2.45) is 0 Å². The van der Waals surface area contributed by atoms with Crippen molar-refractivity contribution in [1.29, 1.82) is 0 Å². The standard InChI is InChI=1S/C23H40O/c1-6-10-11-12-13-17-20-18(5)19(14-7-2)21(15-8-3)22(16-9-4)23(20)24/h24H,6-17H2,1-5H3. The summed E-state index contributed by atoms with van der Waals surface area (Å²) in [4.78, 5) is 0. The van der Waals surface area contributed by atoms with Crippen molar-refractivity contribution >= 4 is 0 Å². The van der Waals surface area contributed by atoms with Crippen LogP contribution in [0.1, 0.15) is 107 Å². The molecule has 1 rings (SSSR count). The fraction of sp³-hybridized carbons (Fsp3) is 0.739. The Morgan fingerprint density at radius 2 is 1.08 bits per heavy atom. The van der Waals surface area contributed by atoms with E-state index in [-0.39, 0.29) is 0 Å². The van der Waals surface area contributed by atoms with Crippen LogP contribution in [0.25, 0.3) is 0 Å². The van der Waals surface area contributed by atoms with E-state index in [9.17, 15) is 5.11 Å². The van der Waals surface area contributed by atoms with Gasteiger partial charge in [-0.2, -0.15) is 0 Å². The molecule has 0 aliphatic carbocycles. The molecule has 138 valence electrons. The summed E-state index contributed by atoms with van der Waals surface area (Å²) in [5.41, 5.74) is 6.90. The second-order valence-electron chi connectivity index (χ2n) is 7.30. The molecule has 0 atom stereocenters. The molecule has 0 aliphatic heterocycles. The molecule has 0 aromatic heterocycles. The molecule has 0 aliphatic rings. The van der Waals surface area contributed by atoms with Crippen molar-refractivity contribution in [2.75, 3.05) is 0 Å². The Hall–Kier alpha value is -0.980. The molecule has 0 spiro atoms. The molecule has 0 unspecified atom stereocenters. The highest BCUT2D eigenvalue weighted by Crippen LogP contribution is 2.36. The lowest BCUT2D eigenvalue weighted by Crippen LogP contribution is -2.08. The smallest absolute Gasteiger partial charge is 0.122 e. The third kappa shape index (κ3) is 5.53. The number of benzene rings is 1. The van der Waals surface area contributed by atoms with E-state index in [1.54, 1.807) is 5.56 Å². The molecule has 0 saturated carbocycles. The average Bonchev–Trinajstić information content (AvgIpc) is 2.57. The van der Waals surface area contributed by atoms with E-state index in [4.69, 9.17) is 0 Å². The van der Waals surface area contributed by atoms with Crippen molar-refractivity contribution in [3.8, 4) is 5.75 Å². The van der Waals surface area contributed by atoms with Gasteiger partial charge in [-0.15, -0.1) is 0 Å². The molecule has 0 saturated heterocycles. The quantitative estimate of drug-likeness (QED) is 0.406. The first-order valence-electron chi connectivity index (χ1n) is 10.5. The highest BCUT2D eigenvalue weighted by atomic mass is 16.3. The van der Waals surface area contributed by atoms with E-state index in [0.717, 1.165) is 38.5 Å². The first-order chi connectivity index (χ1) is 11.6. The molecule has 1 aromatic carbocycles. The lowest BCUT2D eigenvalue weighted by atomic mass is 9.84. The zero-order chi connectivity index (χ0) is 17.9. The number of phenols is 1. The van der Waals surface area contributed by atoms with Crippen LogP contribution in [-0.2, 0) is 25.7 Å². The summed E-state index contributed by atoms with van der Waals surface area (Å²) >= 11 is 0. The minimum Gasteiger partial charge on any atom is -0.507 e. The highest BCUT2D eigenvalue weighted by molar-refractivity contribution is 5.55. The molecule has 1 heteroatoms. The zero-order valence-electron chi connectivity index (χ0n) is 16.9. The fourth-order valence-corrected chi connectivity index (χ4v) is 3.96. The van der Waals surface area contributed by atoms with Gasteiger partial charge in [0, 0.05) is 0 Å². The summed E-state index contributed by atoms with van der Waals surface area (Å²) in [6, 6.07) is 0. The summed E-state index contributed by atoms with van der Waals surface area (Å²) in [6.07, 6.45) is 14.2. The second-order valence-corrected chi connectivity index (χ2v) is 7.30. The van der Waals surface area contributed by atoms with E-state index < -0.39 is 0 Å². The molecular formula is C23H40O. The minimum atomic E-state index is 0.633. The number of hydrogen-bond acceptors (Lipinski definition) is 1. The number of rotatable bonds is 12. The zero-order valence-corrected chi connectivity index (χ0v) is 16.9. The summed E-state index contributed by atoms with van der Waals surface area (Å²) < 4.78 is 0. The van der Waals surface area contributed by atoms with Crippen LogP contribution in [0.3, 0.4) is 0 Å². The predicted octanol–water partition coefficient (Wildman–Crippen LogP) is 7.07. The Bertz CT molecular complexity index is 454. The van der Waals surface area contributed by atoms with E-state index in [1.807, 2.05) is 0 Å². The molecule has 0 bridgehead atoms. The van der Waals surface area contributed by atoms with Gasteiger partial charge in [0.2, 0.25) is 0 Å². The lowest BCUT2D eigenvalue weighted by Gasteiger charge is -2.23. The van der Waals surface area contributed by atoms with Gasteiger partial charge in [-0.1, -0.05) is 72.6 Å². The molecule has 1 N–H and O–H groups in total. The van der Waals surface area contributed by atoms with Crippen LogP contribution >= 0.6 is 0 Å². The van der Waals surface area contributed by atoms with Crippen molar-refractivity contribution in [1.82, 2.24) is 0 Å².